The molecular formula is C4H9NO3. The molecule has 1 fully saturated rings. The first-order valence-electron chi connectivity index (χ1n) is 2.32. The minimum absolute atomic E-state index is 0.500. The van der Waals surface area contributed by atoms with E-state index in [0.29, 0.717) is 6.10 Å². The van der Waals surface area contributed by atoms with Crippen LogP contribution in [-0.4, -0.2) is 24.7 Å². The molecule has 0 amide bonds. The van der Waals surface area contributed by atoms with Crippen molar-refractivity contribution < 1.29 is 9.66 Å². The topological polar surface area (TPSA) is 55.7 Å². The van der Waals surface area contributed by atoms with E-state index in [-0.39, 0.29) is 0 Å². The molecule has 0 aliphatic carbocycles. The second-order valence-corrected chi connectivity index (χ2v) is 1.58. The Morgan fingerprint density at radius 1 is 1.88 bits per heavy atom. The van der Waals surface area contributed by atoms with E-state index < -0.39 is 4.92 Å². The molecule has 48 valence electrons. The summed E-state index contributed by atoms with van der Waals surface area (Å²) in [5, 5.41) is 8.81. The number of epoxide rings is 1. The van der Waals surface area contributed by atoms with Crippen LogP contribution in [-0.2, 0) is 4.74 Å². The lowest BCUT2D eigenvalue weighted by Crippen LogP contribution is -1.79. The molecule has 0 N–H and O–H groups in total. The molecule has 8 heavy (non-hydrogen) atoms. The molecule has 1 aliphatic rings. The van der Waals surface area contributed by atoms with Gasteiger partial charge in [0.05, 0.1) is 12.7 Å². The molecule has 0 radical (unpaired) electrons. The van der Waals surface area contributed by atoms with Crippen LogP contribution in [0.15, 0.2) is 0 Å². The summed E-state index contributed by atoms with van der Waals surface area (Å²) in [6, 6.07) is 0. The number of nitrogens with zero attached hydrogens (tertiary/aromatic N) is 1. The monoisotopic (exact) mass is 119 g/mol. The van der Waals surface area contributed by atoms with Crippen LogP contribution in [0.5, 0.6) is 0 Å². The van der Waals surface area contributed by atoms with Crippen LogP contribution in [0.4, 0.5) is 0 Å². The zero-order chi connectivity index (χ0) is 6.57. The maximum absolute atomic E-state index is 8.81. The van der Waals surface area contributed by atoms with Gasteiger partial charge in [0.2, 0.25) is 0 Å². The summed E-state index contributed by atoms with van der Waals surface area (Å²) in [6.45, 7) is 3.04. The lowest BCUT2D eigenvalue weighted by atomic mass is 10.6. The van der Waals surface area contributed by atoms with Crippen molar-refractivity contribution in [1.29, 1.82) is 0 Å². The Morgan fingerprint density at radius 2 is 2.00 bits per heavy atom. The normalized spacial score (nSPS) is 23.0. The van der Waals surface area contributed by atoms with Gasteiger partial charge in [-0.1, -0.05) is 0 Å². The second kappa shape index (κ2) is 3.37. The van der Waals surface area contributed by atoms with E-state index >= 15 is 0 Å². The van der Waals surface area contributed by atoms with Crippen LogP contribution >= 0.6 is 0 Å². The Kier molecular flexibility index (Phi) is 3.10. The molecule has 0 spiro atoms. The minimum atomic E-state index is -0.500. The molecule has 1 unspecified atom stereocenters. The molecule has 1 atom stereocenters. The molecule has 0 aromatic carbocycles. The Morgan fingerprint density at radius 3 is 2.00 bits per heavy atom. The maximum atomic E-state index is 8.81. The van der Waals surface area contributed by atoms with Gasteiger partial charge >= 0.3 is 0 Å². The summed E-state index contributed by atoms with van der Waals surface area (Å²) in [5.74, 6) is 0. The molecule has 4 nitrogen and oxygen atoms in total. The lowest BCUT2D eigenvalue weighted by Gasteiger charge is -1.63. The average molecular weight is 119 g/mol. The average Bonchev–Trinajstić information content (AvgIpc) is 2.19. The molecule has 4 heteroatoms. The zero-order valence-corrected chi connectivity index (χ0v) is 4.96. The van der Waals surface area contributed by atoms with Crippen LogP contribution in [0.25, 0.3) is 0 Å². The number of rotatable bonds is 0. The van der Waals surface area contributed by atoms with Crippen LogP contribution in [0.3, 0.4) is 0 Å². The van der Waals surface area contributed by atoms with Crippen molar-refractivity contribution >= 4 is 0 Å². The van der Waals surface area contributed by atoms with Crippen molar-refractivity contribution in [2.45, 2.75) is 13.0 Å². The van der Waals surface area contributed by atoms with E-state index in [2.05, 4.69) is 6.92 Å². The molecular weight excluding hydrogens is 110 g/mol. The fourth-order valence-electron chi connectivity index (χ4n) is 0.0962. The van der Waals surface area contributed by atoms with Crippen LogP contribution < -0.4 is 0 Å². The van der Waals surface area contributed by atoms with E-state index in [1.165, 1.54) is 0 Å². The Hall–Kier alpha value is -0.640. The van der Waals surface area contributed by atoms with Gasteiger partial charge in [-0.3, -0.25) is 10.1 Å². The molecule has 1 heterocycles. The van der Waals surface area contributed by atoms with Crippen molar-refractivity contribution in [2.24, 2.45) is 0 Å². The van der Waals surface area contributed by atoms with Gasteiger partial charge in [-0.05, 0) is 6.92 Å². The van der Waals surface area contributed by atoms with E-state index in [1.807, 2.05) is 0 Å². The van der Waals surface area contributed by atoms with Crippen molar-refractivity contribution in [3.05, 3.63) is 10.1 Å². The summed E-state index contributed by atoms with van der Waals surface area (Å²) in [4.78, 5) is 8.31. The summed E-state index contributed by atoms with van der Waals surface area (Å²) < 4.78 is 4.71. The third-order valence-corrected chi connectivity index (χ3v) is 0.500. The molecule has 1 rings (SSSR count). The van der Waals surface area contributed by atoms with Gasteiger partial charge in [-0.2, -0.15) is 0 Å². The standard InChI is InChI=1S/C3H6O.CH3NO2/c1-3-2-4-3;1-2(3)4/h3H,2H2,1H3;1H3. The fraction of sp³-hybridized carbons (Fsp3) is 1.00. The minimum Gasteiger partial charge on any atom is -0.373 e. The molecule has 0 bridgehead atoms. The number of hydrogen-bond acceptors (Lipinski definition) is 3. The highest BCUT2D eigenvalue weighted by Crippen LogP contribution is 2.04. The SMILES string of the molecule is CC1CO1.C[N+](=O)[O-]. The van der Waals surface area contributed by atoms with Crippen LogP contribution in [0, 0.1) is 10.1 Å². The zero-order valence-electron chi connectivity index (χ0n) is 4.96. The predicted molar refractivity (Wildman–Crippen MR) is 28.3 cm³/mol. The highest BCUT2D eigenvalue weighted by molar-refractivity contribution is 4.58. The molecule has 0 aromatic rings. The van der Waals surface area contributed by atoms with Gasteiger partial charge < -0.3 is 4.74 Å². The van der Waals surface area contributed by atoms with E-state index in [1.54, 1.807) is 0 Å². The first kappa shape index (κ1) is 7.36. The second-order valence-electron chi connectivity index (χ2n) is 1.58. The van der Waals surface area contributed by atoms with E-state index in [4.69, 9.17) is 14.9 Å². The molecule has 1 aliphatic heterocycles. The van der Waals surface area contributed by atoms with Crippen molar-refractivity contribution in [1.82, 2.24) is 0 Å². The third kappa shape index (κ3) is 18.3. The first-order valence-corrected chi connectivity index (χ1v) is 2.32. The summed E-state index contributed by atoms with van der Waals surface area (Å²) in [5.41, 5.74) is 0. The Labute approximate surface area is 47.6 Å². The van der Waals surface area contributed by atoms with Crippen molar-refractivity contribution in [3.63, 3.8) is 0 Å². The third-order valence-electron chi connectivity index (χ3n) is 0.500. The number of nitro groups is 1. The van der Waals surface area contributed by atoms with Gasteiger partial charge in [0.15, 0.2) is 7.05 Å². The van der Waals surface area contributed by atoms with Crippen LogP contribution in [0.1, 0.15) is 6.92 Å². The number of ether oxygens (including phenoxy) is 1. The first-order chi connectivity index (χ1) is 3.63. The Balaban J connectivity index is 0.000000122. The molecule has 0 aromatic heterocycles. The highest BCUT2D eigenvalue weighted by atomic mass is 16.6. The highest BCUT2D eigenvalue weighted by Gasteiger charge is 2.13. The molecule has 0 saturated carbocycles. The van der Waals surface area contributed by atoms with Gasteiger partial charge in [-0.25, -0.2) is 0 Å². The number of hydrogen-bond donors (Lipinski definition) is 0. The lowest BCUT2D eigenvalue weighted by molar-refractivity contribution is -0.445. The van der Waals surface area contributed by atoms with Gasteiger partial charge in [0.1, 0.15) is 0 Å². The Bertz CT molecular complexity index is 75.4. The quantitative estimate of drug-likeness (QED) is 0.262. The van der Waals surface area contributed by atoms with Crippen molar-refractivity contribution in [3.8, 4) is 0 Å². The fourth-order valence-corrected chi connectivity index (χ4v) is 0.0962. The summed E-state index contributed by atoms with van der Waals surface area (Å²) in [6.07, 6.45) is 0.583. The van der Waals surface area contributed by atoms with Crippen LogP contribution in [0.2, 0.25) is 0 Å². The van der Waals surface area contributed by atoms with Gasteiger partial charge in [-0.15, -0.1) is 0 Å². The smallest absolute Gasteiger partial charge is 0.194 e. The summed E-state index contributed by atoms with van der Waals surface area (Å²) in [7, 11) is 0.889. The van der Waals surface area contributed by atoms with E-state index in [0.717, 1.165) is 13.7 Å². The van der Waals surface area contributed by atoms with Gasteiger partial charge in [0, 0.05) is 4.92 Å². The van der Waals surface area contributed by atoms with Gasteiger partial charge in [0.25, 0.3) is 0 Å². The largest absolute Gasteiger partial charge is 0.373 e. The molecule has 1 saturated heterocycles. The summed E-state index contributed by atoms with van der Waals surface area (Å²) >= 11 is 0. The predicted octanol–water partition coefficient (Wildman–Crippen LogP) is 0.298. The van der Waals surface area contributed by atoms with Crippen molar-refractivity contribution in [2.75, 3.05) is 13.7 Å². The maximum Gasteiger partial charge on any atom is 0.194 e. The van der Waals surface area contributed by atoms with E-state index in [9.17, 15) is 0 Å².